The van der Waals surface area contributed by atoms with E-state index >= 15 is 0 Å². The second kappa shape index (κ2) is 11.1. The minimum atomic E-state index is -4.39. The molecule has 0 heterocycles. The van der Waals surface area contributed by atoms with Crippen LogP contribution in [0.1, 0.15) is 15.9 Å². The maximum absolute atomic E-state index is 14.0. The van der Waals surface area contributed by atoms with E-state index in [0.29, 0.717) is 5.56 Å². The van der Waals surface area contributed by atoms with E-state index in [4.69, 9.17) is 13.7 Å². The fourth-order valence-electron chi connectivity index (χ4n) is 3.15. The molecule has 3 rings (SSSR count). The van der Waals surface area contributed by atoms with Crippen molar-refractivity contribution in [1.82, 2.24) is 4.90 Å². The maximum atomic E-state index is 14.0. The van der Waals surface area contributed by atoms with Gasteiger partial charge in [0.05, 0.1) is 13.7 Å². The first kappa shape index (κ1) is 25.1. The van der Waals surface area contributed by atoms with Crippen molar-refractivity contribution < 1.29 is 35.6 Å². The van der Waals surface area contributed by atoms with Crippen LogP contribution in [0.25, 0.3) is 0 Å². The highest BCUT2D eigenvalue weighted by molar-refractivity contribution is 7.87. The Kier molecular flexibility index (Phi) is 8.19. The molecule has 7 nitrogen and oxygen atoms in total. The number of benzene rings is 3. The van der Waals surface area contributed by atoms with Gasteiger partial charge in [0, 0.05) is 31.3 Å². The summed E-state index contributed by atoms with van der Waals surface area (Å²) in [5.41, 5.74) is 0.511. The van der Waals surface area contributed by atoms with Crippen molar-refractivity contribution in [1.29, 1.82) is 0 Å². The standard InChI is InChI=1S/C24H23F2NO6S/c1-31-13-12-27(24(28)17-7-5-8-19(25)14-17)16-18-6-3-4-9-22(18)33-34(29,30)20-10-11-23(32-2)21(26)15-20/h3-11,14-15H,12-13,16H2,1-2H3. The first-order valence-corrected chi connectivity index (χ1v) is 11.6. The van der Waals surface area contributed by atoms with Gasteiger partial charge in [0.1, 0.15) is 16.5 Å². The third-order valence-corrected chi connectivity index (χ3v) is 6.10. The number of methoxy groups -OCH3 is 2. The molecule has 0 saturated carbocycles. The first-order chi connectivity index (χ1) is 16.2. The molecule has 0 aromatic heterocycles. The Morgan fingerprint density at radius 2 is 1.71 bits per heavy atom. The lowest BCUT2D eigenvalue weighted by Gasteiger charge is -2.24. The second-order valence-corrected chi connectivity index (χ2v) is 8.72. The van der Waals surface area contributed by atoms with E-state index in [2.05, 4.69) is 0 Å². The zero-order chi connectivity index (χ0) is 24.7. The Balaban J connectivity index is 1.89. The summed E-state index contributed by atoms with van der Waals surface area (Å²) < 4.78 is 68.4. The highest BCUT2D eigenvalue weighted by Gasteiger charge is 2.23. The highest BCUT2D eigenvalue weighted by atomic mass is 32.2. The van der Waals surface area contributed by atoms with Crippen LogP contribution >= 0.6 is 0 Å². The zero-order valence-corrected chi connectivity index (χ0v) is 19.3. The molecule has 0 fully saturated rings. The van der Waals surface area contributed by atoms with Gasteiger partial charge in [-0.2, -0.15) is 8.42 Å². The average molecular weight is 492 g/mol. The van der Waals surface area contributed by atoms with Crippen LogP contribution in [-0.4, -0.2) is 46.6 Å². The summed E-state index contributed by atoms with van der Waals surface area (Å²) in [4.78, 5) is 14.0. The third kappa shape index (κ3) is 6.09. The molecule has 0 saturated heterocycles. The Hall–Kier alpha value is -3.50. The van der Waals surface area contributed by atoms with Crippen molar-refractivity contribution in [3.05, 3.63) is 89.5 Å². The molecule has 0 unspecified atom stereocenters. The van der Waals surface area contributed by atoms with Gasteiger partial charge in [0.15, 0.2) is 11.6 Å². The predicted molar refractivity (Wildman–Crippen MR) is 120 cm³/mol. The largest absolute Gasteiger partial charge is 0.494 e. The zero-order valence-electron chi connectivity index (χ0n) is 18.5. The van der Waals surface area contributed by atoms with Crippen molar-refractivity contribution in [2.45, 2.75) is 11.4 Å². The van der Waals surface area contributed by atoms with E-state index in [0.717, 1.165) is 18.2 Å². The topological polar surface area (TPSA) is 82.1 Å². The van der Waals surface area contributed by atoms with E-state index in [9.17, 15) is 22.0 Å². The molecule has 0 aliphatic carbocycles. The van der Waals surface area contributed by atoms with Gasteiger partial charge in [-0.15, -0.1) is 0 Å². The molecule has 0 aliphatic rings. The van der Waals surface area contributed by atoms with Gasteiger partial charge < -0.3 is 18.6 Å². The Morgan fingerprint density at radius 3 is 2.38 bits per heavy atom. The van der Waals surface area contributed by atoms with Gasteiger partial charge in [-0.3, -0.25) is 4.79 Å². The van der Waals surface area contributed by atoms with Crippen molar-refractivity contribution >= 4 is 16.0 Å². The number of hydrogen-bond donors (Lipinski definition) is 0. The van der Waals surface area contributed by atoms with Crippen LogP contribution in [0.4, 0.5) is 8.78 Å². The lowest BCUT2D eigenvalue weighted by Crippen LogP contribution is -2.33. The SMILES string of the molecule is COCCN(Cc1ccccc1OS(=O)(=O)c1ccc(OC)c(F)c1)C(=O)c1cccc(F)c1. The van der Waals surface area contributed by atoms with Crippen LogP contribution in [0.5, 0.6) is 11.5 Å². The summed E-state index contributed by atoms with van der Waals surface area (Å²) in [6.45, 7) is 0.325. The Labute approximate surface area is 196 Å². The summed E-state index contributed by atoms with van der Waals surface area (Å²) in [6.07, 6.45) is 0. The van der Waals surface area contributed by atoms with Gasteiger partial charge in [-0.1, -0.05) is 24.3 Å². The van der Waals surface area contributed by atoms with Crippen molar-refractivity contribution in [3.63, 3.8) is 0 Å². The summed E-state index contributed by atoms with van der Waals surface area (Å²) >= 11 is 0. The minimum absolute atomic E-state index is 0.0341. The van der Waals surface area contributed by atoms with Crippen LogP contribution in [0, 0.1) is 11.6 Å². The quantitative estimate of drug-likeness (QED) is 0.399. The first-order valence-electron chi connectivity index (χ1n) is 10.1. The summed E-state index contributed by atoms with van der Waals surface area (Å²) in [5, 5.41) is 0. The van der Waals surface area contributed by atoms with Gasteiger partial charge in [-0.05, 0) is 42.5 Å². The third-order valence-electron chi connectivity index (χ3n) is 4.87. The fraction of sp³-hybridized carbons (Fsp3) is 0.208. The monoisotopic (exact) mass is 491 g/mol. The van der Waals surface area contributed by atoms with Crippen molar-refractivity contribution in [2.24, 2.45) is 0 Å². The fourth-order valence-corrected chi connectivity index (χ4v) is 4.13. The molecule has 0 bridgehead atoms. The van der Waals surface area contributed by atoms with Gasteiger partial charge in [-0.25, -0.2) is 8.78 Å². The molecular formula is C24H23F2NO6S. The lowest BCUT2D eigenvalue weighted by molar-refractivity contribution is 0.0679. The van der Waals surface area contributed by atoms with Crippen molar-refractivity contribution in [3.8, 4) is 11.5 Å². The molecule has 3 aromatic carbocycles. The van der Waals surface area contributed by atoms with Crippen LogP contribution in [0.2, 0.25) is 0 Å². The summed E-state index contributed by atoms with van der Waals surface area (Å²) in [7, 11) is -1.65. The number of amides is 1. The summed E-state index contributed by atoms with van der Waals surface area (Å²) in [5.74, 6) is -2.02. The number of hydrogen-bond acceptors (Lipinski definition) is 6. The molecule has 0 N–H and O–H groups in total. The van der Waals surface area contributed by atoms with Crippen LogP contribution in [-0.2, 0) is 21.4 Å². The number of carbonyl (C=O) groups excluding carboxylic acids is 1. The number of ether oxygens (including phenoxy) is 2. The summed E-state index contributed by atoms with van der Waals surface area (Å²) in [6, 6.07) is 14.6. The van der Waals surface area contributed by atoms with Gasteiger partial charge in [0.2, 0.25) is 0 Å². The van der Waals surface area contributed by atoms with E-state index < -0.39 is 32.6 Å². The molecule has 3 aromatic rings. The van der Waals surface area contributed by atoms with Crippen LogP contribution in [0.15, 0.2) is 71.6 Å². The Morgan fingerprint density at radius 1 is 0.941 bits per heavy atom. The molecule has 180 valence electrons. The molecule has 0 atom stereocenters. The van der Waals surface area contributed by atoms with E-state index in [1.807, 2.05) is 0 Å². The lowest BCUT2D eigenvalue weighted by atomic mass is 10.1. The van der Waals surface area contributed by atoms with Crippen molar-refractivity contribution in [2.75, 3.05) is 27.4 Å². The molecule has 0 aliphatic heterocycles. The second-order valence-electron chi connectivity index (χ2n) is 7.17. The molecule has 1 amide bonds. The van der Waals surface area contributed by atoms with E-state index in [1.54, 1.807) is 18.2 Å². The molecule has 0 spiro atoms. The number of halogens is 2. The molecule has 0 radical (unpaired) electrons. The van der Waals surface area contributed by atoms with Crippen LogP contribution < -0.4 is 8.92 Å². The normalized spacial score (nSPS) is 11.2. The number of rotatable bonds is 10. The smallest absolute Gasteiger partial charge is 0.339 e. The van der Waals surface area contributed by atoms with Gasteiger partial charge >= 0.3 is 10.1 Å². The number of carbonyl (C=O) groups is 1. The number of nitrogens with zero attached hydrogens (tertiary/aromatic N) is 1. The molecular weight excluding hydrogens is 468 g/mol. The van der Waals surface area contributed by atoms with E-state index in [-0.39, 0.29) is 36.8 Å². The van der Waals surface area contributed by atoms with Gasteiger partial charge in [0.25, 0.3) is 5.91 Å². The Bertz CT molecular complexity index is 1270. The number of para-hydroxylation sites is 1. The van der Waals surface area contributed by atoms with E-state index in [1.165, 1.54) is 49.5 Å². The molecule has 34 heavy (non-hydrogen) atoms. The highest BCUT2D eigenvalue weighted by Crippen LogP contribution is 2.27. The maximum Gasteiger partial charge on any atom is 0.339 e. The average Bonchev–Trinajstić information content (AvgIpc) is 2.82. The molecule has 10 heteroatoms. The minimum Gasteiger partial charge on any atom is -0.494 e. The van der Waals surface area contributed by atoms with Crippen LogP contribution in [0.3, 0.4) is 0 Å². The predicted octanol–water partition coefficient (Wildman–Crippen LogP) is 4.03.